The Morgan fingerprint density at radius 2 is 1.65 bits per heavy atom. The smallest absolute Gasteiger partial charge is 0.398 e. The van der Waals surface area contributed by atoms with E-state index in [2.05, 4.69) is 4.98 Å². The van der Waals surface area contributed by atoms with Gasteiger partial charge in [0.2, 0.25) is 0 Å². The number of anilines is 1. The summed E-state index contributed by atoms with van der Waals surface area (Å²) in [6.07, 6.45) is 1.93. The van der Waals surface area contributed by atoms with E-state index in [0.717, 1.165) is 24.0 Å². The molecule has 20 heavy (non-hydrogen) atoms. The maximum Gasteiger partial charge on any atom is 0.514 e. The quantitative estimate of drug-likeness (QED) is 0.784. The zero-order chi connectivity index (χ0) is 14.8. The molecule has 2 aliphatic rings. The average Bonchev–Trinajstić information content (AvgIpc) is 3.01. The fourth-order valence-corrected chi connectivity index (χ4v) is 2.45. The van der Waals surface area contributed by atoms with Gasteiger partial charge in [-0.25, -0.2) is 4.98 Å². The Balaban J connectivity index is 2.01. The highest BCUT2D eigenvalue weighted by Crippen LogP contribution is 2.43. The Hall–Kier alpha value is -1.11. The van der Waals surface area contributed by atoms with Crippen LogP contribution in [0, 0.1) is 0 Å². The summed E-state index contributed by atoms with van der Waals surface area (Å²) < 4.78 is 12.1. The summed E-state index contributed by atoms with van der Waals surface area (Å²) in [5.41, 5.74) is 12.8. The standard InChI is InChI=1S/C14H22BN3O2/c1-12(2)13(3,4)20-15(19-12)11-9(14(17)7-8-14)5-6-10(16)18-11/h5-6H,7-8,17H2,1-4H3,(H2,16,18). The summed E-state index contributed by atoms with van der Waals surface area (Å²) in [5.74, 6) is 0.461. The SMILES string of the molecule is CC1(C)OB(c2nc(N)ccc2C2(N)CC2)OC1(C)C. The molecule has 2 heterocycles. The second-order valence-corrected chi connectivity index (χ2v) is 6.91. The fourth-order valence-electron chi connectivity index (χ4n) is 2.45. The first-order valence-electron chi connectivity index (χ1n) is 7.06. The van der Waals surface area contributed by atoms with Gasteiger partial charge in [0, 0.05) is 5.54 Å². The van der Waals surface area contributed by atoms with Crippen LogP contribution >= 0.6 is 0 Å². The molecule has 0 atom stereocenters. The van der Waals surface area contributed by atoms with Crippen LogP contribution in [0.4, 0.5) is 5.82 Å². The van der Waals surface area contributed by atoms with Gasteiger partial charge in [0.1, 0.15) is 5.82 Å². The Morgan fingerprint density at radius 3 is 2.15 bits per heavy atom. The molecule has 0 spiro atoms. The highest BCUT2D eigenvalue weighted by atomic mass is 16.7. The number of hydrogen-bond acceptors (Lipinski definition) is 5. The Morgan fingerprint density at radius 1 is 1.10 bits per heavy atom. The molecule has 2 fully saturated rings. The van der Waals surface area contributed by atoms with Crippen molar-refractivity contribution in [3.8, 4) is 0 Å². The second-order valence-electron chi connectivity index (χ2n) is 6.91. The predicted molar refractivity (Wildman–Crippen MR) is 79.5 cm³/mol. The van der Waals surface area contributed by atoms with Crippen LogP contribution in [0.3, 0.4) is 0 Å². The van der Waals surface area contributed by atoms with E-state index in [9.17, 15) is 0 Å². The molecule has 1 saturated carbocycles. The number of aromatic nitrogens is 1. The maximum atomic E-state index is 6.33. The summed E-state index contributed by atoms with van der Waals surface area (Å²) in [6.45, 7) is 8.09. The van der Waals surface area contributed by atoms with Gasteiger partial charge in [0.25, 0.3) is 0 Å². The lowest BCUT2D eigenvalue weighted by molar-refractivity contribution is 0.00578. The lowest BCUT2D eigenvalue weighted by Crippen LogP contribution is -2.43. The molecule has 6 heteroatoms. The summed E-state index contributed by atoms with van der Waals surface area (Å²) in [4.78, 5) is 4.44. The topological polar surface area (TPSA) is 83.4 Å². The van der Waals surface area contributed by atoms with Crippen LogP contribution < -0.4 is 17.1 Å². The van der Waals surface area contributed by atoms with E-state index >= 15 is 0 Å². The van der Waals surface area contributed by atoms with Gasteiger partial charge in [-0.2, -0.15) is 0 Å². The largest absolute Gasteiger partial charge is 0.514 e. The molecule has 0 unspecified atom stereocenters. The van der Waals surface area contributed by atoms with Gasteiger partial charge in [0.05, 0.1) is 16.8 Å². The van der Waals surface area contributed by atoms with Gasteiger partial charge in [-0.15, -0.1) is 0 Å². The van der Waals surface area contributed by atoms with E-state index in [1.54, 1.807) is 6.07 Å². The molecular weight excluding hydrogens is 253 g/mol. The number of rotatable bonds is 2. The molecule has 4 N–H and O–H groups in total. The number of pyridine rings is 1. The highest BCUT2D eigenvalue weighted by molar-refractivity contribution is 6.61. The van der Waals surface area contributed by atoms with Crippen molar-refractivity contribution in [1.82, 2.24) is 4.98 Å². The van der Waals surface area contributed by atoms with Crippen molar-refractivity contribution >= 4 is 18.5 Å². The van der Waals surface area contributed by atoms with E-state index in [4.69, 9.17) is 20.8 Å². The van der Waals surface area contributed by atoms with Gasteiger partial charge in [0.15, 0.2) is 0 Å². The third kappa shape index (κ3) is 2.03. The van der Waals surface area contributed by atoms with Crippen molar-refractivity contribution in [3.63, 3.8) is 0 Å². The van der Waals surface area contributed by atoms with E-state index in [1.165, 1.54) is 0 Å². The number of nitrogen functional groups attached to an aromatic ring is 1. The molecule has 1 saturated heterocycles. The Bertz CT molecular complexity index is 539. The van der Waals surface area contributed by atoms with Crippen molar-refractivity contribution in [3.05, 3.63) is 17.7 Å². The molecule has 0 aromatic carbocycles. The summed E-state index contributed by atoms with van der Waals surface area (Å²) in [6, 6.07) is 3.74. The maximum absolute atomic E-state index is 6.33. The summed E-state index contributed by atoms with van der Waals surface area (Å²) in [5, 5.41) is 0. The van der Waals surface area contributed by atoms with Crippen LogP contribution in [0.2, 0.25) is 0 Å². The highest BCUT2D eigenvalue weighted by Gasteiger charge is 2.54. The van der Waals surface area contributed by atoms with Gasteiger partial charge in [-0.05, 0) is 52.2 Å². The Kier molecular flexibility index (Phi) is 2.75. The average molecular weight is 275 g/mol. The van der Waals surface area contributed by atoms with Gasteiger partial charge in [-0.3, -0.25) is 0 Å². The molecule has 0 amide bonds. The third-order valence-corrected chi connectivity index (χ3v) is 4.75. The van der Waals surface area contributed by atoms with Crippen LogP contribution in [0.1, 0.15) is 46.1 Å². The zero-order valence-electron chi connectivity index (χ0n) is 12.6. The van der Waals surface area contributed by atoms with Crippen LogP contribution in [0.5, 0.6) is 0 Å². The molecule has 1 aromatic rings. The van der Waals surface area contributed by atoms with E-state index in [-0.39, 0.29) is 5.54 Å². The van der Waals surface area contributed by atoms with Gasteiger partial charge >= 0.3 is 7.12 Å². The molecule has 0 bridgehead atoms. The minimum Gasteiger partial charge on any atom is -0.398 e. The van der Waals surface area contributed by atoms with Gasteiger partial charge < -0.3 is 20.8 Å². The second kappa shape index (κ2) is 3.96. The minimum atomic E-state index is -0.514. The van der Waals surface area contributed by atoms with Crippen molar-refractivity contribution in [1.29, 1.82) is 0 Å². The molecule has 3 rings (SSSR count). The van der Waals surface area contributed by atoms with E-state index in [0.29, 0.717) is 5.82 Å². The van der Waals surface area contributed by atoms with Crippen LogP contribution in [-0.4, -0.2) is 23.3 Å². The van der Waals surface area contributed by atoms with Gasteiger partial charge in [-0.1, -0.05) is 6.07 Å². The predicted octanol–water partition coefficient (Wildman–Crippen LogP) is 0.911. The lowest BCUT2D eigenvalue weighted by atomic mass is 9.78. The van der Waals surface area contributed by atoms with Crippen molar-refractivity contribution in [2.45, 2.75) is 57.3 Å². The third-order valence-electron chi connectivity index (χ3n) is 4.75. The van der Waals surface area contributed by atoms with E-state index < -0.39 is 18.3 Å². The van der Waals surface area contributed by atoms with Crippen LogP contribution in [0.15, 0.2) is 12.1 Å². The fraction of sp³-hybridized carbons (Fsp3) is 0.643. The van der Waals surface area contributed by atoms with E-state index in [1.807, 2.05) is 33.8 Å². The first-order valence-corrected chi connectivity index (χ1v) is 7.06. The molecule has 5 nitrogen and oxygen atoms in total. The van der Waals surface area contributed by atoms with Crippen LogP contribution in [-0.2, 0) is 14.8 Å². The molecule has 108 valence electrons. The molecule has 1 aliphatic carbocycles. The normalized spacial score (nSPS) is 25.8. The number of hydrogen-bond donors (Lipinski definition) is 2. The molecular formula is C14H22BN3O2. The summed E-state index contributed by atoms with van der Waals surface area (Å²) >= 11 is 0. The van der Waals surface area contributed by atoms with Crippen molar-refractivity contribution in [2.24, 2.45) is 5.73 Å². The number of nitrogens with two attached hydrogens (primary N) is 2. The summed E-state index contributed by atoms with van der Waals surface area (Å²) in [7, 11) is -0.514. The molecule has 0 radical (unpaired) electrons. The van der Waals surface area contributed by atoms with Crippen molar-refractivity contribution in [2.75, 3.05) is 5.73 Å². The lowest BCUT2D eigenvalue weighted by Gasteiger charge is -2.32. The molecule has 1 aliphatic heterocycles. The zero-order valence-corrected chi connectivity index (χ0v) is 12.6. The Labute approximate surface area is 120 Å². The minimum absolute atomic E-state index is 0.292. The molecule has 1 aromatic heterocycles. The number of nitrogens with zero attached hydrogens (tertiary/aromatic N) is 1. The van der Waals surface area contributed by atoms with Crippen molar-refractivity contribution < 1.29 is 9.31 Å². The first kappa shape index (κ1) is 13.9. The van der Waals surface area contributed by atoms with Crippen LogP contribution in [0.25, 0.3) is 0 Å². The first-order chi connectivity index (χ1) is 9.15. The monoisotopic (exact) mass is 275 g/mol.